The van der Waals surface area contributed by atoms with Crippen molar-refractivity contribution < 1.29 is 0 Å². The molecule has 0 N–H and O–H groups in total. The third-order valence-corrected chi connectivity index (χ3v) is 16.1. The van der Waals surface area contributed by atoms with Gasteiger partial charge in [0.25, 0.3) is 0 Å². The van der Waals surface area contributed by atoms with Crippen LogP contribution in [0.5, 0.6) is 0 Å². The van der Waals surface area contributed by atoms with Gasteiger partial charge in [-0.15, -0.1) is 0 Å². The van der Waals surface area contributed by atoms with Crippen LogP contribution < -0.4 is 0 Å². The van der Waals surface area contributed by atoms with Crippen LogP contribution in [0.15, 0.2) is 292 Å². The lowest BCUT2D eigenvalue weighted by molar-refractivity contribution is 1.10. The summed E-state index contributed by atoms with van der Waals surface area (Å²) in [6.45, 7) is 0. The van der Waals surface area contributed by atoms with E-state index in [-0.39, 0.29) is 0 Å². The third kappa shape index (κ3) is 9.17. The first kappa shape index (κ1) is 50.6. The van der Waals surface area contributed by atoms with E-state index in [1.807, 2.05) is 36.8 Å². The molecule has 0 aliphatic heterocycles. The van der Waals surface area contributed by atoms with Crippen LogP contribution in [-0.2, 0) is 0 Å². The third-order valence-electron chi connectivity index (χ3n) is 16.1. The van der Waals surface area contributed by atoms with Crippen LogP contribution in [0.4, 0.5) is 0 Å². The monoisotopic (exact) mass is 1120 g/mol. The summed E-state index contributed by atoms with van der Waals surface area (Å²) in [6, 6.07) is 89.4. The number of hydrogen-bond donors (Lipinski definition) is 0. The molecule has 408 valence electrons. The van der Waals surface area contributed by atoms with Crippen LogP contribution in [0.1, 0.15) is 0 Å². The van der Waals surface area contributed by atoms with E-state index in [1.54, 1.807) is 19.0 Å². The molecule has 12 nitrogen and oxygen atoms in total. The van der Waals surface area contributed by atoms with Gasteiger partial charge < -0.3 is 0 Å². The lowest BCUT2D eigenvalue weighted by Gasteiger charge is -2.16. The van der Waals surface area contributed by atoms with Gasteiger partial charge in [-0.3, -0.25) is 13.7 Å². The zero-order valence-electron chi connectivity index (χ0n) is 46.6. The zero-order valence-corrected chi connectivity index (χ0v) is 46.6. The number of fused-ring (bicyclic) bond motifs is 3. The van der Waals surface area contributed by atoms with Crippen LogP contribution in [0.25, 0.3) is 151 Å². The number of aromatic nitrogens is 12. The minimum absolute atomic E-state index is 0.617. The lowest BCUT2D eigenvalue weighted by Crippen LogP contribution is -1.99. The Hall–Kier alpha value is -12.2. The maximum atomic E-state index is 5.15. The van der Waals surface area contributed by atoms with Crippen LogP contribution in [-0.4, -0.2) is 58.6 Å². The highest BCUT2D eigenvalue weighted by Gasteiger charge is 2.23. The van der Waals surface area contributed by atoms with Crippen molar-refractivity contribution >= 4 is 33.5 Å². The van der Waals surface area contributed by atoms with E-state index in [0.717, 1.165) is 135 Å². The Bertz CT molecular complexity index is 4660. The predicted octanol–water partition coefficient (Wildman–Crippen LogP) is 17.1. The van der Waals surface area contributed by atoms with Crippen molar-refractivity contribution in [1.82, 2.24) is 58.6 Å². The molecular weight excluding hydrogens is 1070 g/mol. The second-order valence-corrected chi connectivity index (χ2v) is 21.2. The average Bonchev–Trinajstić information content (AvgIpc) is 2.06. The molecule has 0 saturated carbocycles. The van der Waals surface area contributed by atoms with Crippen LogP contribution >= 0.6 is 0 Å². The van der Waals surface area contributed by atoms with Crippen molar-refractivity contribution in [1.29, 1.82) is 0 Å². The van der Waals surface area contributed by atoms with Gasteiger partial charge in [0.2, 0.25) is 0 Å². The van der Waals surface area contributed by atoms with Gasteiger partial charge in [-0.1, -0.05) is 200 Å². The smallest absolute Gasteiger partial charge is 0.181 e. The molecule has 6 heterocycles. The topological polar surface area (TPSA) is 131 Å². The predicted molar refractivity (Wildman–Crippen MR) is 346 cm³/mol. The van der Waals surface area contributed by atoms with Crippen molar-refractivity contribution in [2.45, 2.75) is 0 Å². The number of rotatable bonds is 12. The number of benzene rings is 10. The fourth-order valence-corrected chi connectivity index (χ4v) is 12.0. The Balaban J connectivity index is 0.820. The molecule has 0 aliphatic rings. The van der Waals surface area contributed by atoms with Crippen LogP contribution in [0, 0.1) is 0 Å². The first-order valence-electron chi connectivity index (χ1n) is 28.6. The molecular formula is C75H48N12. The summed E-state index contributed by atoms with van der Waals surface area (Å²) >= 11 is 0. The summed E-state index contributed by atoms with van der Waals surface area (Å²) < 4.78 is 6.48. The van der Waals surface area contributed by atoms with Gasteiger partial charge in [0, 0.05) is 33.8 Å². The van der Waals surface area contributed by atoms with E-state index >= 15 is 0 Å². The Morgan fingerprint density at radius 1 is 0.218 bits per heavy atom. The zero-order chi connectivity index (χ0) is 57.6. The molecule has 10 aromatic carbocycles. The summed E-state index contributed by atoms with van der Waals surface area (Å²) in [7, 11) is 0. The second kappa shape index (κ2) is 21.6. The minimum Gasteiger partial charge on any atom is -0.289 e. The summed E-state index contributed by atoms with van der Waals surface area (Å²) in [5, 5.41) is 0. The lowest BCUT2D eigenvalue weighted by atomic mass is 9.93. The van der Waals surface area contributed by atoms with E-state index < -0.39 is 0 Å². The molecule has 0 atom stereocenters. The van der Waals surface area contributed by atoms with Crippen LogP contribution in [0.3, 0.4) is 0 Å². The molecule has 0 radical (unpaired) electrons. The Morgan fingerprint density at radius 2 is 0.471 bits per heavy atom. The van der Waals surface area contributed by atoms with Crippen molar-refractivity contribution in [3.05, 3.63) is 292 Å². The van der Waals surface area contributed by atoms with E-state index in [0.29, 0.717) is 16.9 Å². The molecule has 16 aromatic rings. The largest absolute Gasteiger partial charge is 0.289 e. The highest BCUT2D eigenvalue weighted by molar-refractivity contribution is 5.91. The Morgan fingerprint density at radius 3 is 0.747 bits per heavy atom. The summed E-state index contributed by atoms with van der Waals surface area (Å²) in [5.74, 6) is 2.34. The van der Waals surface area contributed by atoms with E-state index in [1.165, 1.54) is 0 Å². The standard InChI is InChI=1S/C75H48N12/c1-4-16-52(17-5-1)61-22-10-13-25-64(61)73-82-70-67(43-76-46-79-70)85(73)58-34-28-49(29-35-58)55-40-56(50-30-36-59(37-31-50)86-68-44-77-47-80-71(68)83-74(86)65-26-14-11-23-62(65)53-18-6-2-7-19-53)42-57(41-55)51-32-38-60(39-33-51)87-69-45-78-48-81-72(69)84-75(87)66-27-15-12-24-63(66)54-20-8-3-9-21-54/h1-48H. The van der Waals surface area contributed by atoms with Gasteiger partial charge in [0.15, 0.2) is 16.9 Å². The molecule has 0 aliphatic carbocycles. The highest BCUT2D eigenvalue weighted by Crippen LogP contribution is 2.41. The molecule has 0 spiro atoms. The molecule has 0 amide bonds. The van der Waals surface area contributed by atoms with Gasteiger partial charge in [-0.2, -0.15) is 0 Å². The number of imidazole rings is 3. The maximum Gasteiger partial charge on any atom is 0.181 e. The number of hydrogen-bond acceptors (Lipinski definition) is 9. The summed E-state index contributed by atoms with van der Waals surface area (Å²) in [6.07, 6.45) is 10.2. The summed E-state index contributed by atoms with van der Waals surface area (Å²) in [5.41, 5.74) is 22.9. The minimum atomic E-state index is 0.617. The van der Waals surface area contributed by atoms with Crippen molar-refractivity contribution in [2.75, 3.05) is 0 Å². The van der Waals surface area contributed by atoms with Gasteiger partial charge in [-0.05, 0) is 121 Å². The van der Waals surface area contributed by atoms with E-state index in [2.05, 4.69) is 280 Å². The van der Waals surface area contributed by atoms with Crippen LogP contribution in [0.2, 0.25) is 0 Å². The van der Waals surface area contributed by atoms with E-state index in [4.69, 9.17) is 15.0 Å². The van der Waals surface area contributed by atoms with E-state index in [9.17, 15) is 0 Å². The second-order valence-electron chi connectivity index (χ2n) is 21.2. The van der Waals surface area contributed by atoms with Crippen molar-refractivity contribution in [3.63, 3.8) is 0 Å². The molecule has 0 bridgehead atoms. The van der Waals surface area contributed by atoms with Gasteiger partial charge in [-0.25, -0.2) is 44.9 Å². The Labute approximate surface area is 499 Å². The Kier molecular flexibility index (Phi) is 12.5. The first-order chi connectivity index (χ1) is 43.1. The molecule has 0 saturated heterocycles. The van der Waals surface area contributed by atoms with Crippen molar-refractivity contribution in [3.8, 4) is 118 Å². The van der Waals surface area contributed by atoms with Crippen molar-refractivity contribution in [2.24, 2.45) is 0 Å². The molecule has 87 heavy (non-hydrogen) atoms. The van der Waals surface area contributed by atoms with Gasteiger partial charge >= 0.3 is 0 Å². The average molecular weight is 1120 g/mol. The van der Waals surface area contributed by atoms with Gasteiger partial charge in [0.1, 0.15) is 53.0 Å². The maximum absolute atomic E-state index is 5.15. The molecule has 0 unspecified atom stereocenters. The molecule has 12 heteroatoms. The number of nitrogens with zero attached hydrogens (tertiary/aromatic N) is 12. The van der Waals surface area contributed by atoms with Gasteiger partial charge in [0.05, 0.1) is 18.6 Å². The molecule has 6 aromatic heterocycles. The fourth-order valence-electron chi connectivity index (χ4n) is 12.0. The normalized spacial score (nSPS) is 11.4. The fraction of sp³-hybridized carbons (Fsp3) is 0. The molecule has 0 fully saturated rings. The quantitative estimate of drug-likeness (QED) is 0.117. The first-order valence-corrected chi connectivity index (χ1v) is 28.6. The summed E-state index contributed by atoms with van der Waals surface area (Å²) in [4.78, 5) is 42.7. The highest BCUT2D eigenvalue weighted by atomic mass is 15.1. The molecule has 16 rings (SSSR count). The SMILES string of the molecule is c1ccc(-c2ccccc2-c2nc3ncncc3n2-c2ccc(-c3cc(-c4ccc(-n5c(-c6ccccc6-c6ccccc6)nc6ncncc65)cc4)cc(-c4ccc(-n5c(-c6ccccc6-c6ccccc6)nc6ncncc65)cc4)c3)cc2)cc1.